The Morgan fingerprint density at radius 1 is 1.15 bits per heavy atom. The van der Waals surface area contributed by atoms with Crippen molar-refractivity contribution in [3.63, 3.8) is 0 Å². The minimum absolute atomic E-state index is 0.324. The van der Waals surface area contributed by atoms with Crippen molar-refractivity contribution in [2.75, 3.05) is 0 Å². The topological polar surface area (TPSA) is 52.6 Å². The number of halogens is 1. The number of rotatable bonds is 6. The summed E-state index contributed by atoms with van der Waals surface area (Å²) in [7, 11) is 0. The highest BCUT2D eigenvalue weighted by Crippen LogP contribution is 2.41. The summed E-state index contributed by atoms with van der Waals surface area (Å²) in [4.78, 5) is 24.9. The van der Waals surface area contributed by atoms with Crippen molar-refractivity contribution in [3.8, 4) is 0 Å². The predicted molar refractivity (Wildman–Crippen MR) is 96.9 cm³/mol. The zero-order chi connectivity index (χ0) is 19.4. The molecule has 144 valence electrons. The molecule has 1 aliphatic carbocycles. The third-order valence-electron chi connectivity index (χ3n) is 5.38. The molecule has 0 bridgehead atoms. The number of hydrogen-bond acceptors (Lipinski definition) is 4. The quantitative estimate of drug-likeness (QED) is 0.674. The molecule has 5 heteroatoms. The maximum Gasteiger partial charge on any atom is 0.348 e. The third kappa shape index (κ3) is 4.63. The molecule has 1 fully saturated rings. The highest BCUT2D eigenvalue weighted by atomic mass is 19.1. The van der Waals surface area contributed by atoms with E-state index in [0.717, 1.165) is 24.8 Å². The van der Waals surface area contributed by atoms with Crippen LogP contribution in [0.1, 0.15) is 71.8 Å². The lowest BCUT2D eigenvalue weighted by Gasteiger charge is -2.38. The normalized spacial score (nSPS) is 18.0. The first kappa shape index (κ1) is 20.4. The van der Waals surface area contributed by atoms with Gasteiger partial charge in [-0.05, 0) is 70.6 Å². The molecule has 1 saturated carbocycles. The van der Waals surface area contributed by atoms with Crippen molar-refractivity contribution in [1.82, 2.24) is 0 Å². The molecule has 1 atom stereocenters. The number of benzene rings is 1. The lowest BCUT2D eigenvalue weighted by atomic mass is 9.79. The van der Waals surface area contributed by atoms with Gasteiger partial charge in [-0.2, -0.15) is 0 Å². The second-order valence-corrected chi connectivity index (χ2v) is 7.77. The first-order valence-electron chi connectivity index (χ1n) is 9.40. The van der Waals surface area contributed by atoms with Crippen molar-refractivity contribution in [1.29, 1.82) is 0 Å². The van der Waals surface area contributed by atoms with Crippen molar-refractivity contribution >= 4 is 11.9 Å². The van der Waals surface area contributed by atoms with Gasteiger partial charge in [0, 0.05) is 0 Å². The summed E-state index contributed by atoms with van der Waals surface area (Å²) >= 11 is 0. The molecule has 1 aromatic carbocycles. The van der Waals surface area contributed by atoms with Crippen LogP contribution in [0.15, 0.2) is 24.3 Å². The summed E-state index contributed by atoms with van der Waals surface area (Å²) in [6.45, 7) is 7.01. The van der Waals surface area contributed by atoms with Crippen molar-refractivity contribution in [3.05, 3.63) is 35.6 Å². The van der Waals surface area contributed by atoms with Gasteiger partial charge in [-0.1, -0.05) is 25.5 Å². The van der Waals surface area contributed by atoms with Crippen LogP contribution in [0.4, 0.5) is 4.39 Å². The number of hydrogen-bond donors (Lipinski definition) is 0. The zero-order valence-corrected chi connectivity index (χ0v) is 16.1. The summed E-state index contributed by atoms with van der Waals surface area (Å²) in [5.41, 5.74) is -0.628. The molecule has 0 saturated heterocycles. The summed E-state index contributed by atoms with van der Waals surface area (Å²) in [5, 5.41) is 0. The average Bonchev–Trinajstić information content (AvgIpc) is 2.62. The molecular formula is C21H29FO4. The van der Waals surface area contributed by atoms with Crippen LogP contribution in [-0.2, 0) is 24.7 Å². The Hall–Kier alpha value is -1.91. The number of carbonyl (C=O) groups is 2. The van der Waals surface area contributed by atoms with E-state index in [2.05, 4.69) is 0 Å². The summed E-state index contributed by atoms with van der Waals surface area (Å²) in [6, 6.07) is 6.11. The van der Waals surface area contributed by atoms with Crippen LogP contribution in [0, 0.1) is 11.2 Å². The Kier molecular flexibility index (Phi) is 6.43. The molecular weight excluding hydrogens is 335 g/mol. The lowest BCUT2D eigenvalue weighted by Crippen LogP contribution is -2.40. The van der Waals surface area contributed by atoms with Gasteiger partial charge in [0.1, 0.15) is 11.4 Å². The average molecular weight is 364 g/mol. The molecule has 26 heavy (non-hydrogen) atoms. The summed E-state index contributed by atoms with van der Waals surface area (Å²) in [5.74, 6) is -1.30. The van der Waals surface area contributed by atoms with Crippen molar-refractivity contribution in [2.24, 2.45) is 5.41 Å². The van der Waals surface area contributed by atoms with Gasteiger partial charge in [-0.25, -0.2) is 9.18 Å². The predicted octanol–water partition coefficient (Wildman–Crippen LogP) is 4.90. The van der Waals surface area contributed by atoms with Gasteiger partial charge < -0.3 is 9.47 Å². The van der Waals surface area contributed by atoms with Gasteiger partial charge >= 0.3 is 11.9 Å². The standard InChI is InChI=1S/C21H29FO4/c1-5-20(3,4)19(24)25-15(2)18(23)26-21(13-7-6-8-14-21)16-9-11-17(22)12-10-16/h9-12,15H,5-8,13-14H2,1-4H3. The van der Waals surface area contributed by atoms with E-state index >= 15 is 0 Å². The van der Waals surface area contributed by atoms with Crippen LogP contribution in [0.3, 0.4) is 0 Å². The van der Waals surface area contributed by atoms with E-state index in [1.807, 2.05) is 6.92 Å². The molecule has 0 heterocycles. The number of carbonyl (C=O) groups excluding carboxylic acids is 2. The van der Waals surface area contributed by atoms with E-state index in [1.165, 1.54) is 19.1 Å². The Balaban J connectivity index is 2.14. The van der Waals surface area contributed by atoms with Gasteiger partial charge in [0.2, 0.25) is 0 Å². The van der Waals surface area contributed by atoms with E-state index in [-0.39, 0.29) is 5.82 Å². The molecule has 0 N–H and O–H groups in total. The molecule has 2 rings (SSSR count). The lowest BCUT2D eigenvalue weighted by molar-refractivity contribution is -0.185. The van der Waals surface area contributed by atoms with Crippen LogP contribution in [0.5, 0.6) is 0 Å². The molecule has 1 aromatic rings. The Labute approximate surface area is 155 Å². The fourth-order valence-electron chi connectivity index (χ4n) is 3.11. The molecule has 1 aliphatic rings. The molecule has 4 nitrogen and oxygen atoms in total. The SMILES string of the molecule is CCC(C)(C)C(=O)OC(C)C(=O)OC1(c2ccc(F)cc2)CCCCC1. The minimum Gasteiger partial charge on any atom is -0.451 e. The molecule has 0 amide bonds. The Morgan fingerprint density at radius 2 is 1.73 bits per heavy atom. The molecule has 1 unspecified atom stereocenters. The smallest absolute Gasteiger partial charge is 0.348 e. The zero-order valence-electron chi connectivity index (χ0n) is 16.1. The maximum atomic E-state index is 13.3. The van der Waals surface area contributed by atoms with Crippen molar-refractivity contribution < 1.29 is 23.5 Å². The molecule has 0 aliphatic heterocycles. The van der Waals surface area contributed by atoms with Crippen LogP contribution in [0.2, 0.25) is 0 Å². The fraction of sp³-hybridized carbons (Fsp3) is 0.619. The molecule has 0 radical (unpaired) electrons. The van der Waals surface area contributed by atoms with E-state index in [0.29, 0.717) is 19.3 Å². The number of ether oxygens (including phenoxy) is 2. The van der Waals surface area contributed by atoms with Gasteiger partial charge in [-0.3, -0.25) is 4.79 Å². The van der Waals surface area contributed by atoms with E-state index in [1.54, 1.807) is 26.0 Å². The summed E-state index contributed by atoms with van der Waals surface area (Å²) < 4.78 is 24.5. The molecule has 0 spiro atoms. The minimum atomic E-state index is -0.979. The van der Waals surface area contributed by atoms with Gasteiger partial charge in [0.05, 0.1) is 5.41 Å². The monoisotopic (exact) mass is 364 g/mol. The first-order valence-corrected chi connectivity index (χ1v) is 9.40. The highest BCUT2D eigenvalue weighted by Gasteiger charge is 2.40. The fourth-order valence-corrected chi connectivity index (χ4v) is 3.11. The first-order chi connectivity index (χ1) is 12.2. The second kappa shape index (κ2) is 8.19. The van der Waals surface area contributed by atoms with Crippen molar-refractivity contribution in [2.45, 2.75) is 77.9 Å². The van der Waals surface area contributed by atoms with Gasteiger partial charge in [-0.15, -0.1) is 0 Å². The summed E-state index contributed by atoms with van der Waals surface area (Å²) in [6.07, 6.45) is 3.95. The van der Waals surface area contributed by atoms with E-state index < -0.39 is 29.1 Å². The molecule has 0 aromatic heterocycles. The van der Waals surface area contributed by atoms with Gasteiger partial charge in [0.25, 0.3) is 0 Å². The largest absolute Gasteiger partial charge is 0.451 e. The second-order valence-electron chi connectivity index (χ2n) is 7.77. The van der Waals surface area contributed by atoms with Crippen LogP contribution in [-0.4, -0.2) is 18.0 Å². The Bertz CT molecular complexity index is 630. The van der Waals surface area contributed by atoms with Gasteiger partial charge in [0.15, 0.2) is 6.10 Å². The Morgan fingerprint density at radius 3 is 2.27 bits per heavy atom. The van der Waals surface area contributed by atoms with Crippen LogP contribution in [0.25, 0.3) is 0 Å². The third-order valence-corrected chi connectivity index (χ3v) is 5.38. The number of esters is 2. The highest BCUT2D eigenvalue weighted by molar-refractivity contribution is 5.81. The van der Waals surface area contributed by atoms with Crippen LogP contribution >= 0.6 is 0 Å². The maximum absolute atomic E-state index is 13.3. The van der Waals surface area contributed by atoms with E-state index in [9.17, 15) is 14.0 Å². The van der Waals surface area contributed by atoms with Crippen LogP contribution < -0.4 is 0 Å². The van der Waals surface area contributed by atoms with E-state index in [4.69, 9.17) is 9.47 Å².